The summed E-state index contributed by atoms with van der Waals surface area (Å²) in [7, 11) is 0. The number of nitrogens with one attached hydrogen (secondary N) is 2. The molecule has 36 heavy (non-hydrogen) atoms. The number of carbonyl (C=O) groups is 2. The molecule has 0 saturated heterocycles. The van der Waals surface area contributed by atoms with Gasteiger partial charge < -0.3 is 10.6 Å². The lowest BCUT2D eigenvalue weighted by Crippen LogP contribution is -2.37. The van der Waals surface area contributed by atoms with Crippen LogP contribution in [0.4, 0.5) is 5.69 Å². The fourth-order valence-corrected chi connectivity index (χ4v) is 5.68. The van der Waals surface area contributed by atoms with E-state index in [-0.39, 0.29) is 24.4 Å². The average Bonchev–Trinajstić information content (AvgIpc) is 3.28. The Morgan fingerprint density at radius 1 is 1.11 bits per heavy atom. The van der Waals surface area contributed by atoms with Gasteiger partial charge in [-0.25, -0.2) is 0 Å². The summed E-state index contributed by atoms with van der Waals surface area (Å²) in [5.41, 5.74) is 3.67. The molecule has 1 fully saturated rings. The second kappa shape index (κ2) is 11.7. The highest BCUT2D eigenvalue weighted by Crippen LogP contribution is 2.39. The maximum absolute atomic E-state index is 12.9. The van der Waals surface area contributed by atoms with Crippen LogP contribution in [0.25, 0.3) is 11.4 Å². The van der Waals surface area contributed by atoms with E-state index >= 15 is 0 Å². The Morgan fingerprint density at radius 2 is 1.86 bits per heavy atom. The van der Waals surface area contributed by atoms with Crippen LogP contribution < -0.4 is 10.6 Å². The van der Waals surface area contributed by atoms with Gasteiger partial charge in [-0.15, -0.1) is 10.2 Å². The van der Waals surface area contributed by atoms with E-state index < -0.39 is 5.25 Å². The summed E-state index contributed by atoms with van der Waals surface area (Å²) >= 11 is 1.38. The summed E-state index contributed by atoms with van der Waals surface area (Å²) in [4.78, 5) is 29.6. The van der Waals surface area contributed by atoms with Crippen LogP contribution in [0.15, 0.2) is 47.9 Å². The van der Waals surface area contributed by atoms with Crippen molar-refractivity contribution in [1.82, 2.24) is 25.1 Å². The molecule has 2 amide bonds. The molecule has 3 atom stereocenters. The number of rotatable bonds is 8. The minimum atomic E-state index is -0.443. The molecule has 2 heterocycles. The fraction of sp³-hybridized carbons (Fsp3) is 0.444. The number of hydrogen-bond donors (Lipinski definition) is 2. The minimum absolute atomic E-state index is 0.0925. The Labute approximate surface area is 216 Å². The molecule has 0 spiro atoms. The number of benzene rings is 1. The van der Waals surface area contributed by atoms with Crippen LogP contribution in [0.5, 0.6) is 0 Å². The Morgan fingerprint density at radius 3 is 2.56 bits per heavy atom. The van der Waals surface area contributed by atoms with Crippen LogP contribution in [0.2, 0.25) is 0 Å². The van der Waals surface area contributed by atoms with Crippen LogP contribution in [0, 0.1) is 19.8 Å². The van der Waals surface area contributed by atoms with Gasteiger partial charge in [-0.3, -0.25) is 19.1 Å². The number of amides is 2. The predicted octanol–water partition coefficient (Wildman–Crippen LogP) is 4.94. The molecule has 190 valence electrons. The molecule has 1 saturated carbocycles. The van der Waals surface area contributed by atoms with Gasteiger partial charge in [-0.05, 0) is 62.8 Å². The third-order valence-corrected chi connectivity index (χ3v) is 7.86. The van der Waals surface area contributed by atoms with Gasteiger partial charge in [0.25, 0.3) is 0 Å². The van der Waals surface area contributed by atoms with E-state index in [1.807, 2.05) is 51.1 Å². The summed E-state index contributed by atoms with van der Waals surface area (Å²) in [6.45, 7) is 7.91. The van der Waals surface area contributed by atoms with E-state index in [0.717, 1.165) is 52.6 Å². The second-order valence-corrected chi connectivity index (χ2v) is 10.8. The molecular formula is C27H34N6O2S. The molecule has 0 aliphatic heterocycles. The van der Waals surface area contributed by atoms with Crippen LogP contribution in [0.3, 0.4) is 0 Å². The maximum Gasteiger partial charge on any atom is 0.243 e. The first-order chi connectivity index (χ1) is 17.3. The van der Waals surface area contributed by atoms with Crippen LogP contribution in [-0.2, 0) is 9.59 Å². The topological polar surface area (TPSA) is 102 Å². The maximum atomic E-state index is 12.9. The van der Waals surface area contributed by atoms with Crippen molar-refractivity contribution in [2.24, 2.45) is 5.92 Å². The first-order valence-corrected chi connectivity index (χ1v) is 13.4. The molecule has 1 aliphatic carbocycles. The number of carbonyl (C=O) groups excluding carboxylic acids is 2. The highest BCUT2D eigenvalue weighted by atomic mass is 32.2. The third-order valence-electron chi connectivity index (χ3n) is 6.80. The van der Waals surface area contributed by atoms with Gasteiger partial charge >= 0.3 is 0 Å². The van der Waals surface area contributed by atoms with Crippen LogP contribution >= 0.6 is 11.8 Å². The Kier molecular flexibility index (Phi) is 8.40. The van der Waals surface area contributed by atoms with Crippen molar-refractivity contribution in [3.05, 3.63) is 53.9 Å². The highest BCUT2D eigenvalue weighted by Gasteiger charge is 2.30. The lowest BCUT2D eigenvalue weighted by molar-refractivity contribution is -0.123. The lowest BCUT2D eigenvalue weighted by atomic mass is 9.85. The Hall–Kier alpha value is -3.20. The van der Waals surface area contributed by atoms with Crippen molar-refractivity contribution in [3.63, 3.8) is 0 Å². The zero-order valence-electron chi connectivity index (χ0n) is 21.3. The van der Waals surface area contributed by atoms with Gasteiger partial charge in [0.15, 0.2) is 11.0 Å². The van der Waals surface area contributed by atoms with E-state index in [1.165, 1.54) is 18.2 Å². The van der Waals surface area contributed by atoms with Crippen molar-refractivity contribution in [2.75, 3.05) is 11.9 Å². The van der Waals surface area contributed by atoms with E-state index in [4.69, 9.17) is 0 Å². The van der Waals surface area contributed by atoms with Crippen LogP contribution in [0.1, 0.15) is 56.7 Å². The number of para-hydroxylation sites is 1. The number of hydrogen-bond acceptors (Lipinski definition) is 6. The van der Waals surface area contributed by atoms with Gasteiger partial charge in [0.2, 0.25) is 11.8 Å². The van der Waals surface area contributed by atoms with E-state index in [2.05, 4.69) is 37.3 Å². The molecule has 9 heteroatoms. The van der Waals surface area contributed by atoms with E-state index in [1.54, 1.807) is 12.4 Å². The van der Waals surface area contributed by atoms with E-state index in [0.29, 0.717) is 5.92 Å². The molecule has 0 radical (unpaired) electrons. The summed E-state index contributed by atoms with van der Waals surface area (Å²) in [6, 6.07) is 10.00. The Bertz CT molecular complexity index is 1190. The molecule has 2 N–H and O–H groups in total. The third kappa shape index (κ3) is 5.95. The molecule has 3 aromatic rings. The summed E-state index contributed by atoms with van der Waals surface area (Å²) in [5.74, 6) is 0.800. The normalized spacial score (nSPS) is 18.4. The van der Waals surface area contributed by atoms with Crippen molar-refractivity contribution in [2.45, 2.75) is 69.8 Å². The average molecular weight is 507 g/mol. The highest BCUT2D eigenvalue weighted by molar-refractivity contribution is 8.00. The molecule has 1 aromatic carbocycles. The number of thioether (sulfide) groups is 1. The zero-order chi connectivity index (χ0) is 25.7. The van der Waals surface area contributed by atoms with Gasteiger partial charge in [0.05, 0.1) is 11.8 Å². The molecule has 2 aromatic heterocycles. The summed E-state index contributed by atoms with van der Waals surface area (Å²) in [6.07, 6.45) is 8.15. The van der Waals surface area contributed by atoms with E-state index in [9.17, 15) is 9.59 Å². The summed E-state index contributed by atoms with van der Waals surface area (Å²) < 4.78 is 2.20. The molecular weight excluding hydrogens is 472 g/mol. The monoisotopic (exact) mass is 506 g/mol. The molecule has 1 aliphatic rings. The van der Waals surface area contributed by atoms with Gasteiger partial charge in [-0.1, -0.05) is 49.7 Å². The van der Waals surface area contributed by atoms with Crippen molar-refractivity contribution in [3.8, 4) is 11.4 Å². The smallest absolute Gasteiger partial charge is 0.243 e. The number of aryl methyl sites for hydroxylation is 2. The SMILES string of the molecule is Cc1cccc(C)c1NC(=O)CNC(=O)[C@H](C)Sc1nnc(-c2cccnc2)n1[C@H]1CCCC[C@@H]1C. The minimum Gasteiger partial charge on any atom is -0.346 e. The standard InChI is InChI=1S/C27H34N6O2S/c1-17-9-5-6-13-22(17)33-25(21-12-8-14-28-15-21)31-32-27(33)36-20(4)26(35)29-16-23(34)30-24-18(2)10-7-11-19(24)3/h7-8,10-12,14-15,17,20,22H,5-6,9,13,16H2,1-4H3,(H,29,35)(H,30,34)/t17-,20-,22-/m0/s1. The summed E-state index contributed by atoms with van der Waals surface area (Å²) in [5, 5.41) is 14.9. The molecule has 0 bridgehead atoms. The molecule has 4 rings (SSSR count). The largest absolute Gasteiger partial charge is 0.346 e. The van der Waals surface area contributed by atoms with Crippen molar-refractivity contribution in [1.29, 1.82) is 0 Å². The van der Waals surface area contributed by atoms with Gasteiger partial charge in [0.1, 0.15) is 0 Å². The second-order valence-electron chi connectivity index (χ2n) is 9.54. The lowest BCUT2D eigenvalue weighted by Gasteiger charge is -2.31. The number of pyridine rings is 1. The quantitative estimate of drug-likeness (QED) is 0.420. The van der Waals surface area contributed by atoms with Crippen LogP contribution in [-0.4, -0.2) is 43.4 Å². The first kappa shape index (κ1) is 25.9. The van der Waals surface area contributed by atoms with Gasteiger partial charge in [-0.2, -0.15) is 0 Å². The number of anilines is 1. The fourth-order valence-electron chi connectivity index (χ4n) is 4.75. The van der Waals surface area contributed by atoms with Crippen molar-refractivity contribution >= 4 is 29.3 Å². The first-order valence-electron chi connectivity index (χ1n) is 12.5. The zero-order valence-corrected chi connectivity index (χ0v) is 22.1. The van der Waals surface area contributed by atoms with Gasteiger partial charge in [0, 0.05) is 29.7 Å². The molecule has 8 nitrogen and oxygen atoms in total. The number of nitrogens with zero attached hydrogens (tertiary/aromatic N) is 4. The predicted molar refractivity (Wildman–Crippen MR) is 143 cm³/mol. The number of aromatic nitrogens is 4. The Balaban J connectivity index is 1.45. The van der Waals surface area contributed by atoms with Crippen molar-refractivity contribution < 1.29 is 9.59 Å². The molecule has 0 unspecified atom stereocenters.